The molecule has 6 nitrogen and oxygen atoms in total. The van der Waals surface area contributed by atoms with Crippen LogP contribution >= 0.6 is 0 Å². The largest absolute Gasteiger partial charge is 0.760 e. The first kappa shape index (κ1) is 9.14. The van der Waals surface area contributed by atoms with Crippen LogP contribution in [-0.4, -0.2) is 24.2 Å². The Hall–Kier alpha value is 0.140. The Balaban J connectivity index is 3.10. The molecule has 2 unspecified atom stereocenters. The Labute approximate surface area is 56.9 Å². The molecule has 0 saturated carbocycles. The van der Waals surface area contributed by atoms with Gasteiger partial charge in [0.1, 0.15) is 0 Å². The number of rotatable bonds is 4. The highest BCUT2D eigenvalue weighted by Gasteiger charge is 1.80. The van der Waals surface area contributed by atoms with E-state index >= 15 is 0 Å². The van der Waals surface area contributed by atoms with Gasteiger partial charge in [0, 0.05) is 22.5 Å². The molecule has 0 rings (SSSR count). The van der Waals surface area contributed by atoms with E-state index in [9.17, 15) is 17.5 Å². The van der Waals surface area contributed by atoms with Gasteiger partial charge in [0.2, 0.25) is 0 Å². The Bertz CT molecular complexity index is 112. The van der Waals surface area contributed by atoms with Crippen molar-refractivity contribution in [2.24, 2.45) is 0 Å². The number of hydrogen-bond acceptors (Lipinski definition) is 4. The van der Waals surface area contributed by atoms with E-state index in [-0.39, 0.29) is 6.67 Å². The van der Waals surface area contributed by atoms with Gasteiger partial charge < -0.3 is 9.11 Å². The molecule has 0 aromatic carbocycles. The van der Waals surface area contributed by atoms with Crippen LogP contribution in [0, 0.1) is 0 Å². The monoisotopic (exact) mass is 172 g/mol. The van der Waals surface area contributed by atoms with Crippen LogP contribution in [0.5, 0.6) is 0 Å². The minimum atomic E-state index is -2.42. The van der Waals surface area contributed by atoms with E-state index in [4.69, 9.17) is 0 Å². The van der Waals surface area contributed by atoms with Crippen LogP contribution in [0.25, 0.3) is 0 Å². The van der Waals surface area contributed by atoms with Gasteiger partial charge in [0.05, 0.1) is 6.67 Å². The van der Waals surface area contributed by atoms with Gasteiger partial charge in [-0.15, -0.1) is 0 Å². The highest BCUT2D eigenvalue weighted by molar-refractivity contribution is 7.77. The predicted octanol–water partition coefficient (Wildman–Crippen LogP) is -2.29. The Morgan fingerprint density at radius 2 is 1.44 bits per heavy atom. The Kier molecular flexibility index (Phi) is 5.04. The smallest absolute Gasteiger partial charge is 0.0672 e. The van der Waals surface area contributed by atoms with E-state index in [0.717, 1.165) is 0 Å². The molecule has 0 aromatic rings. The summed E-state index contributed by atoms with van der Waals surface area (Å²) in [5, 5.41) is 0. The summed E-state index contributed by atoms with van der Waals surface area (Å²) in [7, 11) is 0. The molecule has 0 saturated heterocycles. The van der Waals surface area contributed by atoms with Crippen molar-refractivity contribution in [3.8, 4) is 0 Å². The van der Waals surface area contributed by atoms with Crippen molar-refractivity contribution in [1.82, 2.24) is 9.44 Å². The van der Waals surface area contributed by atoms with Crippen LogP contribution in [0.2, 0.25) is 0 Å². The van der Waals surface area contributed by atoms with Gasteiger partial charge in [-0.1, -0.05) is 0 Å². The summed E-state index contributed by atoms with van der Waals surface area (Å²) in [6.45, 7) is -0.313. The van der Waals surface area contributed by atoms with Crippen LogP contribution in [0.3, 0.4) is 0 Å². The van der Waals surface area contributed by atoms with Crippen LogP contribution < -0.4 is 9.44 Å². The molecule has 0 bridgehead atoms. The second-order valence-corrected chi connectivity index (χ2v) is 2.45. The first-order valence-corrected chi connectivity index (χ1v) is 3.93. The van der Waals surface area contributed by atoms with Gasteiger partial charge in [-0.2, -0.15) is 0 Å². The first-order valence-electron chi connectivity index (χ1n) is 1.78. The summed E-state index contributed by atoms with van der Waals surface area (Å²) in [4.78, 5) is 0. The van der Waals surface area contributed by atoms with Crippen molar-refractivity contribution in [3.05, 3.63) is 0 Å². The van der Waals surface area contributed by atoms with Crippen molar-refractivity contribution in [2.75, 3.05) is 6.67 Å². The molecular weight excluding hydrogens is 168 g/mol. The Morgan fingerprint density at radius 3 is 1.67 bits per heavy atom. The lowest BCUT2D eigenvalue weighted by Gasteiger charge is -2.09. The van der Waals surface area contributed by atoms with Crippen LogP contribution in [0.4, 0.5) is 0 Å². The van der Waals surface area contributed by atoms with E-state index in [1.807, 2.05) is 0 Å². The highest BCUT2D eigenvalue weighted by Crippen LogP contribution is 1.61. The highest BCUT2D eigenvalue weighted by atomic mass is 32.2. The molecule has 2 atom stereocenters. The topological polar surface area (TPSA) is 104 Å². The molecule has 2 N–H and O–H groups in total. The van der Waals surface area contributed by atoms with Crippen LogP contribution in [0.15, 0.2) is 0 Å². The fourth-order valence-electron chi connectivity index (χ4n) is 0.147. The van der Waals surface area contributed by atoms with E-state index in [2.05, 4.69) is 0 Å². The summed E-state index contributed by atoms with van der Waals surface area (Å²) >= 11 is -4.84. The molecule has 0 amide bonds. The SMILES string of the molecule is O=S([O-])NCNS(=O)[O-]. The van der Waals surface area contributed by atoms with E-state index < -0.39 is 22.5 Å². The maximum atomic E-state index is 9.63. The summed E-state index contributed by atoms with van der Waals surface area (Å²) in [5.74, 6) is 0. The lowest BCUT2D eigenvalue weighted by Crippen LogP contribution is -2.31. The minimum absolute atomic E-state index is 0.313. The molecule has 0 aliphatic rings. The third-order valence-corrected chi connectivity index (χ3v) is 1.14. The third kappa shape index (κ3) is 8.14. The predicted molar refractivity (Wildman–Crippen MR) is 29.0 cm³/mol. The molecule has 56 valence electrons. The summed E-state index contributed by atoms with van der Waals surface area (Å²) in [5.41, 5.74) is 0. The number of nitrogens with one attached hydrogen (secondary N) is 2. The molecule has 0 heterocycles. The summed E-state index contributed by atoms with van der Waals surface area (Å²) in [6, 6.07) is 0. The van der Waals surface area contributed by atoms with Crippen LogP contribution in [-0.2, 0) is 22.5 Å². The fraction of sp³-hybridized carbons (Fsp3) is 1.00. The first-order chi connectivity index (χ1) is 4.13. The zero-order valence-electron chi connectivity index (χ0n) is 4.16. The summed E-state index contributed by atoms with van der Waals surface area (Å²) in [6.07, 6.45) is 0. The maximum Gasteiger partial charge on any atom is 0.0672 e. The molecule has 9 heavy (non-hydrogen) atoms. The van der Waals surface area contributed by atoms with Gasteiger partial charge >= 0.3 is 0 Å². The van der Waals surface area contributed by atoms with Gasteiger partial charge in [0.15, 0.2) is 0 Å². The zero-order valence-corrected chi connectivity index (χ0v) is 5.79. The van der Waals surface area contributed by atoms with E-state index in [1.54, 1.807) is 9.44 Å². The van der Waals surface area contributed by atoms with Gasteiger partial charge in [-0.25, -0.2) is 9.44 Å². The van der Waals surface area contributed by atoms with Gasteiger partial charge in [-0.05, 0) is 0 Å². The molecule has 0 aliphatic heterocycles. The molecule has 0 aliphatic carbocycles. The van der Waals surface area contributed by atoms with Crippen molar-refractivity contribution in [2.45, 2.75) is 0 Å². The lowest BCUT2D eigenvalue weighted by atomic mass is 11.3. The quantitative estimate of drug-likeness (QED) is 0.368. The molecule has 0 fully saturated rings. The normalized spacial score (nSPS) is 17.1. The summed E-state index contributed by atoms with van der Waals surface area (Å²) < 4.78 is 42.1. The molecule has 0 radical (unpaired) electrons. The molecule has 0 aromatic heterocycles. The molecule has 0 spiro atoms. The standard InChI is InChI=1S/CH6N2O4S2/c4-8(5)2-1-3-9(6)7/h2-3H,1H2,(H,4,5)(H,6,7)/p-2. The van der Waals surface area contributed by atoms with Crippen molar-refractivity contribution in [1.29, 1.82) is 0 Å². The zero-order chi connectivity index (χ0) is 7.28. The average molecular weight is 172 g/mol. The second kappa shape index (κ2) is 4.97. The lowest BCUT2D eigenvalue weighted by molar-refractivity contribution is 0.511. The van der Waals surface area contributed by atoms with Crippen molar-refractivity contribution >= 4 is 22.5 Å². The maximum absolute atomic E-state index is 9.63. The van der Waals surface area contributed by atoms with Crippen LogP contribution in [0.1, 0.15) is 0 Å². The van der Waals surface area contributed by atoms with Crippen molar-refractivity contribution in [3.63, 3.8) is 0 Å². The molecule has 8 heteroatoms. The second-order valence-electron chi connectivity index (χ2n) is 0.935. The fourth-order valence-corrected chi connectivity index (χ4v) is 0.619. The molecular formula is CH4N2O4S2-2. The van der Waals surface area contributed by atoms with E-state index in [0.29, 0.717) is 0 Å². The Morgan fingerprint density at radius 1 is 1.11 bits per heavy atom. The number of hydrogen-bond donors (Lipinski definition) is 2. The van der Waals surface area contributed by atoms with Crippen molar-refractivity contribution < 1.29 is 17.5 Å². The minimum Gasteiger partial charge on any atom is -0.760 e. The average Bonchev–Trinajstić information content (AvgIpc) is 1.63. The van der Waals surface area contributed by atoms with Gasteiger partial charge in [-0.3, -0.25) is 8.42 Å². The van der Waals surface area contributed by atoms with Gasteiger partial charge in [0.25, 0.3) is 0 Å². The third-order valence-electron chi connectivity index (χ3n) is 0.380. The van der Waals surface area contributed by atoms with E-state index in [1.165, 1.54) is 0 Å².